The average Bonchev–Trinajstić information content (AvgIpc) is 2.78. The number of rotatable bonds is 8. The summed E-state index contributed by atoms with van der Waals surface area (Å²) in [7, 11) is -16.7. The molecule has 0 aliphatic carbocycles. The highest BCUT2D eigenvalue weighted by atomic mass is 31.3. The molecule has 1 saturated heterocycles. The number of nitrogens with zero attached hydrogens (tertiary/aromatic N) is 2. The van der Waals surface area contributed by atoms with Gasteiger partial charge in [0.2, 0.25) is 0 Å². The van der Waals surface area contributed by atoms with Gasteiger partial charge in [-0.2, -0.15) is 13.6 Å². The van der Waals surface area contributed by atoms with Crippen molar-refractivity contribution in [1.29, 1.82) is 0 Å². The summed E-state index contributed by atoms with van der Waals surface area (Å²) in [6.07, 6.45) is -5.38. The highest BCUT2D eigenvalue weighted by molar-refractivity contribution is 7.66. The van der Waals surface area contributed by atoms with E-state index in [2.05, 4.69) is 18.1 Å². The first-order valence-electron chi connectivity index (χ1n) is 7.25. The van der Waals surface area contributed by atoms with Crippen LogP contribution in [-0.4, -0.2) is 64.3 Å². The molecule has 166 valence electrons. The van der Waals surface area contributed by atoms with E-state index in [1.54, 1.807) is 0 Å². The van der Waals surface area contributed by atoms with E-state index in [9.17, 15) is 33.6 Å². The summed E-state index contributed by atoms with van der Waals surface area (Å²) in [5, 5.41) is 20.0. The molecule has 29 heavy (non-hydrogen) atoms. The van der Waals surface area contributed by atoms with Gasteiger partial charge in [0.15, 0.2) is 6.23 Å². The van der Waals surface area contributed by atoms with Crippen LogP contribution in [0.25, 0.3) is 0 Å². The van der Waals surface area contributed by atoms with Crippen molar-refractivity contribution >= 4 is 29.3 Å². The van der Waals surface area contributed by atoms with Crippen molar-refractivity contribution in [3.63, 3.8) is 0 Å². The Labute approximate surface area is 160 Å². The number of ether oxygens (including phenoxy) is 1. The zero-order valence-electron chi connectivity index (χ0n) is 13.9. The zero-order valence-corrected chi connectivity index (χ0v) is 16.6. The molecule has 2 unspecified atom stereocenters. The van der Waals surface area contributed by atoms with Crippen molar-refractivity contribution in [1.82, 2.24) is 9.55 Å². The van der Waals surface area contributed by atoms with Gasteiger partial charge in [-0.1, -0.05) is 0 Å². The number of hydrogen-bond donors (Lipinski definition) is 7. The SMILES string of the molecule is Nc1ccn([C@H]2O[C@H](COP(=O)(O)OP(=O)(O)OP(=O)(O)O)[C@@H](O)[C@H]2O)c(=O)n1. The first-order valence-corrected chi connectivity index (χ1v) is 11.8. The van der Waals surface area contributed by atoms with Crippen LogP contribution in [0.5, 0.6) is 0 Å². The molecule has 8 N–H and O–H groups in total. The minimum Gasteiger partial charge on any atom is -0.387 e. The molecule has 6 atom stereocenters. The number of phosphoric ester groups is 1. The number of anilines is 1. The molecular weight excluding hydrogens is 467 g/mol. The number of phosphoric acid groups is 3. The quantitative estimate of drug-likeness (QED) is 0.193. The molecule has 0 amide bonds. The summed E-state index contributed by atoms with van der Waals surface area (Å²) in [5.74, 6) is -0.122. The number of aromatic nitrogens is 2. The number of nitrogen functional groups attached to an aromatic ring is 1. The molecule has 0 bridgehead atoms. The normalized spacial score (nSPS) is 29.3. The van der Waals surface area contributed by atoms with E-state index in [-0.39, 0.29) is 5.82 Å². The minimum atomic E-state index is -5.71. The highest BCUT2D eigenvalue weighted by Gasteiger charge is 2.46. The van der Waals surface area contributed by atoms with Crippen LogP contribution in [-0.2, 0) is 31.6 Å². The van der Waals surface area contributed by atoms with Crippen LogP contribution in [0.15, 0.2) is 17.1 Å². The van der Waals surface area contributed by atoms with E-state index in [1.165, 1.54) is 6.07 Å². The molecule has 17 nitrogen and oxygen atoms in total. The van der Waals surface area contributed by atoms with Crippen molar-refractivity contribution in [3.05, 3.63) is 22.7 Å². The van der Waals surface area contributed by atoms with Crippen LogP contribution < -0.4 is 11.4 Å². The van der Waals surface area contributed by atoms with Gasteiger partial charge in [-0.25, -0.2) is 18.5 Å². The van der Waals surface area contributed by atoms with Crippen molar-refractivity contribution in [2.45, 2.75) is 24.5 Å². The summed E-state index contributed by atoms with van der Waals surface area (Å²) in [6.45, 7) is -1.02. The lowest BCUT2D eigenvalue weighted by Gasteiger charge is -2.19. The van der Waals surface area contributed by atoms with E-state index >= 15 is 0 Å². The van der Waals surface area contributed by atoms with Gasteiger partial charge in [-0.05, 0) is 6.07 Å². The van der Waals surface area contributed by atoms with Crippen LogP contribution in [0, 0.1) is 0 Å². The lowest BCUT2D eigenvalue weighted by atomic mass is 10.1. The van der Waals surface area contributed by atoms with Gasteiger partial charge in [0.1, 0.15) is 24.1 Å². The van der Waals surface area contributed by atoms with Gasteiger partial charge in [0, 0.05) is 6.20 Å². The maximum absolute atomic E-state index is 11.8. The van der Waals surface area contributed by atoms with Crippen molar-refractivity contribution in [3.8, 4) is 0 Å². The Balaban J connectivity index is 2.05. The number of aliphatic hydroxyl groups is 2. The Morgan fingerprint density at radius 1 is 1.10 bits per heavy atom. The summed E-state index contributed by atoms with van der Waals surface area (Å²) in [6, 6.07) is 1.20. The largest absolute Gasteiger partial charge is 0.490 e. The number of hydrogen-bond acceptors (Lipinski definition) is 12. The van der Waals surface area contributed by atoms with E-state index in [0.29, 0.717) is 0 Å². The van der Waals surface area contributed by atoms with Crippen LogP contribution in [0.1, 0.15) is 6.23 Å². The molecule has 0 aromatic carbocycles. The van der Waals surface area contributed by atoms with Crippen LogP contribution in [0.3, 0.4) is 0 Å². The third-order valence-corrected chi connectivity index (χ3v) is 7.08. The molecule has 0 saturated carbocycles. The second kappa shape index (κ2) is 8.61. The van der Waals surface area contributed by atoms with Crippen LogP contribution in [0.4, 0.5) is 5.82 Å². The number of nitrogens with two attached hydrogens (primary N) is 1. The molecule has 2 heterocycles. The standard InChI is InChI=1S/C9H16N3O14P3/c10-5-1-2-12(9(15)11-5)8-7(14)6(13)4(24-8)3-23-28(19,20)26-29(21,22)25-27(16,17)18/h1-2,4,6-8,13-14H,3H2,(H,19,20)(H,21,22)(H2,10,11,15)(H2,16,17,18)/t4-,6-,7-,8+/m1/s1. The highest BCUT2D eigenvalue weighted by Crippen LogP contribution is 2.66. The topological polar surface area (TPSA) is 270 Å². The van der Waals surface area contributed by atoms with E-state index in [1.807, 2.05) is 0 Å². The fourth-order valence-corrected chi connectivity index (χ4v) is 5.22. The van der Waals surface area contributed by atoms with Crippen LogP contribution in [0.2, 0.25) is 0 Å². The van der Waals surface area contributed by atoms with Gasteiger partial charge in [-0.3, -0.25) is 9.09 Å². The molecule has 2 rings (SSSR count). The van der Waals surface area contributed by atoms with Crippen LogP contribution >= 0.6 is 23.5 Å². The van der Waals surface area contributed by atoms with Crippen molar-refractivity contribution in [2.75, 3.05) is 12.3 Å². The molecule has 1 aromatic heterocycles. The molecule has 1 fully saturated rings. The first-order chi connectivity index (χ1) is 13.1. The number of aliphatic hydroxyl groups excluding tert-OH is 2. The fourth-order valence-electron chi connectivity index (χ4n) is 2.19. The third kappa shape index (κ3) is 6.73. The monoisotopic (exact) mass is 483 g/mol. The lowest BCUT2D eigenvalue weighted by molar-refractivity contribution is -0.0541. The second-order valence-corrected chi connectivity index (χ2v) is 9.90. The van der Waals surface area contributed by atoms with E-state index in [4.69, 9.17) is 25.2 Å². The molecule has 1 aliphatic heterocycles. The Morgan fingerprint density at radius 3 is 2.28 bits per heavy atom. The van der Waals surface area contributed by atoms with Gasteiger partial charge in [0.25, 0.3) is 0 Å². The smallest absolute Gasteiger partial charge is 0.387 e. The van der Waals surface area contributed by atoms with Crippen molar-refractivity contribution < 1.29 is 61.4 Å². The zero-order chi connectivity index (χ0) is 22.2. The summed E-state index contributed by atoms with van der Waals surface area (Å²) < 4.78 is 50.8. The molecule has 1 aliphatic rings. The Hall–Kier alpha value is -1.03. The predicted molar refractivity (Wildman–Crippen MR) is 88.6 cm³/mol. The molecule has 0 radical (unpaired) electrons. The summed E-state index contributed by atoms with van der Waals surface area (Å²) >= 11 is 0. The third-order valence-electron chi connectivity index (χ3n) is 3.28. The second-order valence-electron chi connectivity index (χ2n) is 5.48. The molecular formula is C9H16N3O14P3. The Bertz CT molecular complexity index is 946. The lowest BCUT2D eigenvalue weighted by Crippen LogP contribution is -2.36. The average molecular weight is 483 g/mol. The fraction of sp³-hybridized carbons (Fsp3) is 0.556. The van der Waals surface area contributed by atoms with Crippen molar-refractivity contribution in [2.24, 2.45) is 0 Å². The Morgan fingerprint density at radius 2 is 1.72 bits per heavy atom. The summed E-state index contributed by atoms with van der Waals surface area (Å²) in [4.78, 5) is 50.5. The van der Waals surface area contributed by atoms with Gasteiger partial charge < -0.3 is 40.3 Å². The predicted octanol–water partition coefficient (Wildman–Crippen LogP) is -2.21. The van der Waals surface area contributed by atoms with Gasteiger partial charge in [-0.15, -0.1) is 0 Å². The maximum atomic E-state index is 11.8. The Kier molecular flexibility index (Phi) is 7.20. The van der Waals surface area contributed by atoms with E-state index < -0.39 is 60.3 Å². The maximum Gasteiger partial charge on any atom is 0.490 e. The van der Waals surface area contributed by atoms with Gasteiger partial charge >= 0.3 is 29.2 Å². The van der Waals surface area contributed by atoms with E-state index in [0.717, 1.165) is 10.8 Å². The summed E-state index contributed by atoms with van der Waals surface area (Å²) in [5.41, 5.74) is 4.39. The first kappa shape index (κ1) is 24.2. The molecule has 20 heteroatoms. The van der Waals surface area contributed by atoms with Gasteiger partial charge in [0.05, 0.1) is 6.61 Å². The molecule has 1 aromatic rings. The molecule has 0 spiro atoms. The minimum absolute atomic E-state index is 0.122.